The van der Waals surface area contributed by atoms with Gasteiger partial charge in [0.25, 0.3) is 0 Å². The van der Waals surface area contributed by atoms with E-state index in [1.807, 2.05) is 6.92 Å². The Morgan fingerprint density at radius 3 is 2.37 bits per heavy atom. The normalized spacial score (nSPS) is 20.4. The number of unbranched alkanes of at least 4 members (excludes halogenated alkanes) is 3. The fraction of sp³-hybridized carbons (Fsp3) is 1.00. The Labute approximate surface area is 119 Å². The molecular formula is C16H34N2O. The smallest absolute Gasteiger partial charge is 0.0581 e. The quantitative estimate of drug-likeness (QED) is 0.599. The zero-order chi connectivity index (χ0) is 13.9. The third-order valence-corrected chi connectivity index (χ3v) is 4.33. The van der Waals surface area contributed by atoms with Crippen LogP contribution < -0.4 is 5.32 Å². The fourth-order valence-corrected chi connectivity index (χ4v) is 2.87. The highest BCUT2D eigenvalue weighted by molar-refractivity contribution is 4.71. The van der Waals surface area contributed by atoms with E-state index in [-0.39, 0.29) is 12.6 Å². The molecule has 2 atom stereocenters. The lowest BCUT2D eigenvalue weighted by molar-refractivity contribution is 0.164. The predicted molar refractivity (Wildman–Crippen MR) is 82.5 cm³/mol. The standard InChI is InChI=1S/C16H34N2O/c1-15(14-19)17-11-7-4-3-6-10-16(2)18-12-8-5-9-13-18/h15-17,19H,3-14H2,1-2H3. The van der Waals surface area contributed by atoms with Crippen LogP contribution in [0.15, 0.2) is 0 Å². The molecule has 2 N–H and O–H groups in total. The van der Waals surface area contributed by atoms with Gasteiger partial charge in [0.15, 0.2) is 0 Å². The van der Waals surface area contributed by atoms with Gasteiger partial charge in [-0.05, 0) is 59.2 Å². The number of hydrogen-bond acceptors (Lipinski definition) is 3. The van der Waals surface area contributed by atoms with Gasteiger partial charge in [-0.1, -0.05) is 25.7 Å². The first-order valence-electron chi connectivity index (χ1n) is 8.32. The van der Waals surface area contributed by atoms with Gasteiger partial charge in [-0.15, -0.1) is 0 Å². The molecule has 1 saturated heterocycles. The van der Waals surface area contributed by atoms with Crippen LogP contribution in [0.5, 0.6) is 0 Å². The van der Waals surface area contributed by atoms with E-state index in [1.54, 1.807) is 0 Å². The van der Waals surface area contributed by atoms with Gasteiger partial charge in [-0.25, -0.2) is 0 Å². The number of nitrogens with one attached hydrogen (secondary N) is 1. The molecule has 1 rings (SSSR count). The van der Waals surface area contributed by atoms with Crippen LogP contribution in [0.1, 0.15) is 65.2 Å². The number of aliphatic hydroxyl groups is 1. The van der Waals surface area contributed by atoms with Gasteiger partial charge in [-0.3, -0.25) is 0 Å². The Hall–Kier alpha value is -0.120. The molecule has 114 valence electrons. The number of rotatable bonds is 10. The summed E-state index contributed by atoms with van der Waals surface area (Å²) >= 11 is 0. The van der Waals surface area contributed by atoms with Crippen LogP contribution in [0, 0.1) is 0 Å². The molecule has 0 bridgehead atoms. The summed E-state index contributed by atoms with van der Waals surface area (Å²) < 4.78 is 0. The molecule has 1 aliphatic rings. The van der Waals surface area contributed by atoms with E-state index in [9.17, 15) is 0 Å². The average molecular weight is 270 g/mol. The van der Waals surface area contributed by atoms with Crippen molar-refractivity contribution in [2.24, 2.45) is 0 Å². The van der Waals surface area contributed by atoms with Crippen molar-refractivity contribution in [2.45, 2.75) is 77.3 Å². The van der Waals surface area contributed by atoms with Crippen LogP contribution in [0.25, 0.3) is 0 Å². The number of nitrogens with zero attached hydrogens (tertiary/aromatic N) is 1. The maximum atomic E-state index is 8.89. The molecule has 1 fully saturated rings. The molecule has 0 aromatic carbocycles. The summed E-state index contributed by atoms with van der Waals surface area (Å²) in [7, 11) is 0. The zero-order valence-electron chi connectivity index (χ0n) is 13.0. The van der Waals surface area contributed by atoms with Gasteiger partial charge >= 0.3 is 0 Å². The first-order valence-corrected chi connectivity index (χ1v) is 8.32. The van der Waals surface area contributed by atoms with Gasteiger partial charge in [0.05, 0.1) is 6.61 Å². The highest BCUT2D eigenvalue weighted by Crippen LogP contribution is 2.16. The van der Waals surface area contributed by atoms with Gasteiger partial charge in [0.1, 0.15) is 0 Å². The maximum Gasteiger partial charge on any atom is 0.0581 e. The molecule has 0 aromatic rings. The maximum absolute atomic E-state index is 8.89. The molecule has 0 spiro atoms. The third kappa shape index (κ3) is 7.91. The molecular weight excluding hydrogens is 236 g/mol. The fourth-order valence-electron chi connectivity index (χ4n) is 2.87. The Kier molecular flexibility index (Phi) is 9.48. The van der Waals surface area contributed by atoms with Crippen LogP contribution in [-0.2, 0) is 0 Å². The summed E-state index contributed by atoms with van der Waals surface area (Å²) in [6.07, 6.45) is 10.9. The van der Waals surface area contributed by atoms with Crippen molar-refractivity contribution in [1.82, 2.24) is 10.2 Å². The van der Waals surface area contributed by atoms with Crippen molar-refractivity contribution in [3.63, 3.8) is 0 Å². The Morgan fingerprint density at radius 2 is 1.68 bits per heavy atom. The lowest BCUT2D eigenvalue weighted by Gasteiger charge is -2.32. The van der Waals surface area contributed by atoms with E-state index in [4.69, 9.17) is 5.11 Å². The van der Waals surface area contributed by atoms with Gasteiger partial charge < -0.3 is 15.3 Å². The average Bonchev–Trinajstić information content (AvgIpc) is 2.46. The minimum absolute atomic E-state index is 0.243. The molecule has 2 unspecified atom stereocenters. The molecule has 0 aromatic heterocycles. The summed E-state index contributed by atoms with van der Waals surface area (Å²) in [5.41, 5.74) is 0. The predicted octanol–water partition coefficient (Wildman–Crippen LogP) is 2.78. The van der Waals surface area contributed by atoms with Gasteiger partial charge in [-0.2, -0.15) is 0 Å². The van der Waals surface area contributed by atoms with Crippen LogP contribution in [0.2, 0.25) is 0 Å². The van der Waals surface area contributed by atoms with Gasteiger partial charge in [0, 0.05) is 12.1 Å². The summed E-state index contributed by atoms with van der Waals surface area (Å²) in [5, 5.41) is 12.2. The largest absolute Gasteiger partial charge is 0.395 e. The van der Waals surface area contributed by atoms with Crippen molar-refractivity contribution in [2.75, 3.05) is 26.2 Å². The molecule has 3 nitrogen and oxygen atoms in total. The van der Waals surface area contributed by atoms with E-state index in [0.29, 0.717) is 0 Å². The number of piperidine rings is 1. The van der Waals surface area contributed by atoms with E-state index >= 15 is 0 Å². The van der Waals surface area contributed by atoms with Crippen molar-refractivity contribution in [3.05, 3.63) is 0 Å². The number of aliphatic hydroxyl groups excluding tert-OH is 1. The summed E-state index contributed by atoms with van der Waals surface area (Å²) in [4.78, 5) is 2.67. The Balaban J connectivity index is 1.89. The summed E-state index contributed by atoms with van der Waals surface area (Å²) in [6, 6.07) is 1.03. The Bertz CT molecular complexity index is 205. The first-order chi connectivity index (χ1) is 9.24. The van der Waals surface area contributed by atoms with Crippen LogP contribution in [0.4, 0.5) is 0 Å². The number of hydrogen-bond donors (Lipinski definition) is 2. The molecule has 0 amide bonds. The second-order valence-corrected chi connectivity index (χ2v) is 6.19. The third-order valence-electron chi connectivity index (χ3n) is 4.33. The zero-order valence-corrected chi connectivity index (χ0v) is 13.0. The monoisotopic (exact) mass is 270 g/mol. The van der Waals surface area contributed by atoms with Crippen molar-refractivity contribution >= 4 is 0 Å². The van der Waals surface area contributed by atoms with Gasteiger partial charge in [0.2, 0.25) is 0 Å². The molecule has 1 heterocycles. The minimum Gasteiger partial charge on any atom is -0.395 e. The number of likely N-dealkylation sites (tertiary alicyclic amines) is 1. The van der Waals surface area contributed by atoms with Crippen molar-refractivity contribution < 1.29 is 5.11 Å². The molecule has 0 aliphatic carbocycles. The van der Waals surface area contributed by atoms with E-state index in [0.717, 1.165) is 12.6 Å². The minimum atomic E-state index is 0.243. The van der Waals surface area contributed by atoms with E-state index < -0.39 is 0 Å². The van der Waals surface area contributed by atoms with Crippen LogP contribution >= 0.6 is 0 Å². The highest BCUT2D eigenvalue weighted by Gasteiger charge is 2.15. The SMILES string of the molecule is CC(CO)NCCCCCCC(C)N1CCCCC1. The molecule has 19 heavy (non-hydrogen) atoms. The first kappa shape index (κ1) is 16.9. The Morgan fingerprint density at radius 1 is 1.00 bits per heavy atom. The second-order valence-electron chi connectivity index (χ2n) is 6.19. The molecule has 0 saturated carbocycles. The van der Waals surface area contributed by atoms with E-state index in [1.165, 1.54) is 64.5 Å². The topological polar surface area (TPSA) is 35.5 Å². The highest BCUT2D eigenvalue weighted by atomic mass is 16.3. The molecule has 3 heteroatoms. The van der Waals surface area contributed by atoms with E-state index in [2.05, 4.69) is 17.1 Å². The molecule has 1 aliphatic heterocycles. The van der Waals surface area contributed by atoms with Crippen molar-refractivity contribution in [3.8, 4) is 0 Å². The lowest BCUT2D eigenvalue weighted by Crippen LogP contribution is -2.37. The van der Waals surface area contributed by atoms with Crippen molar-refractivity contribution in [1.29, 1.82) is 0 Å². The van der Waals surface area contributed by atoms with Crippen LogP contribution in [0.3, 0.4) is 0 Å². The summed E-state index contributed by atoms with van der Waals surface area (Å²) in [6.45, 7) is 8.36. The molecule has 0 radical (unpaired) electrons. The second kappa shape index (κ2) is 10.6. The van der Waals surface area contributed by atoms with Crippen LogP contribution in [-0.4, -0.2) is 48.3 Å². The summed E-state index contributed by atoms with van der Waals surface area (Å²) in [5.74, 6) is 0. The lowest BCUT2D eigenvalue weighted by atomic mass is 10.0.